The molecule has 0 fully saturated rings. The van der Waals surface area contributed by atoms with Crippen molar-refractivity contribution >= 4 is 28.3 Å². The van der Waals surface area contributed by atoms with E-state index in [9.17, 15) is 4.79 Å². The zero-order valence-electron chi connectivity index (χ0n) is 8.41. The summed E-state index contributed by atoms with van der Waals surface area (Å²) in [4.78, 5) is 19.2. The highest BCUT2D eigenvalue weighted by Gasteiger charge is 2.08. The van der Waals surface area contributed by atoms with Crippen LogP contribution in [0.4, 0.5) is 0 Å². The normalized spacial score (nSPS) is 10.6. The number of aromatic nitrogens is 2. The maximum Gasteiger partial charge on any atom is 0.197 e. The van der Waals surface area contributed by atoms with Gasteiger partial charge in [-0.2, -0.15) is 0 Å². The van der Waals surface area contributed by atoms with Gasteiger partial charge in [-0.1, -0.05) is 17.7 Å². The van der Waals surface area contributed by atoms with Crippen molar-refractivity contribution in [2.24, 2.45) is 0 Å². The van der Waals surface area contributed by atoms with Crippen LogP contribution in [-0.2, 0) is 0 Å². The van der Waals surface area contributed by atoms with E-state index in [4.69, 9.17) is 11.6 Å². The summed E-state index contributed by atoms with van der Waals surface area (Å²) in [5, 5.41) is 1.09. The van der Waals surface area contributed by atoms with Crippen molar-refractivity contribution in [3.63, 3.8) is 0 Å². The molecule has 2 aromatic rings. The van der Waals surface area contributed by atoms with E-state index < -0.39 is 0 Å². The second-order valence-electron chi connectivity index (χ2n) is 3.41. The lowest BCUT2D eigenvalue weighted by Crippen LogP contribution is -2.01. The number of nitrogens with zero attached hydrogens (tertiary/aromatic N) is 2. The van der Waals surface area contributed by atoms with Crippen molar-refractivity contribution < 1.29 is 4.79 Å². The molecule has 1 aromatic heterocycles. The molecule has 15 heavy (non-hydrogen) atoms. The van der Waals surface area contributed by atoms with Crippen LogP contribution >= 0.6 is 11.6 Å². The fraction of sp³-hybridized carbons (Fsp3) is 0.182. The Morgan fingerprint density at radius 1 is 1.33 bits per heavy atom. The van der Waals surface area contributed by atoms with Gasteiger partial charge in [-0.05, 0) is 24.6 Å². The highest BCUT2D eigenvalue weighted by Crippen LogP contribution is 2.21. The molecule has 0 atom stereocenters. The number of hydrogen-bond acceptors (Lipinski definition) is 3. The SMILES string of the molecule is CC(=O)c1nc(Cl)c2ccc(C)cc2n1. The summed E-state index contributed by atoms with van der Waals surface area (Å²) in [6.45, 7) is 3.39. The lowest BCUT2D eigenvalue weighted by atomic mass is 10.2. The first kappa shape index (κ1) is 10.1. The smallest absolute Gasteiger partial charge is 0.197 e. The molecule has 0 aliphatic carbocycles. The van der Waals surface area contributed by atoms with Crippen LogP contribution in [0.15, 0.2) is 18.2 Å². The zero-order valence-corrected chi connectivity index (χ0v) is 9.17. The van der Waals surface area contributed by atoms with Gasteiger partial charge in [0.25, 0.3) is 0 Å². The summed E-state index contributed by atoms with van der Waals surface area (Å²) < 4.78 is 0. The standard InChI is InChI=1S/C11H9ClN2O/c1-6-3-4-8-9(5-6)13-11(7(2)15)14-10(8)12/h3-5H,1-2H3. The van der Waals surface area contributed by atoms with Gasteiger partial charge in [0.2, 0.25) is 0 Å². The molecule has 4 heteroatoms. The predicted octanol–water partition coefficient (Wildman–Crippen LogP) is 2.79. The first-order valence-corrected chi connectivity index (χ1v) is 4.90. The number of halogens is 1. The third-order valence-corrected chi connectivity index (χ3v) is 2.41. The van der Waals surface area contributed by atoms with E-state index >= 15 is 0 Å². The molecule has 1 aromatic carbocycles. The van der Waals surface area contributed by atoms with Crippen LogP contribution in [-0.4, -0.2) is 15.8 Å². The Bertz CT molecular complexity index is 552. The quantitative estimate of drug-likeness (QED) is 0.548. The van der Waals surface area contributed by atoms with E-state index in [1.54, 1.807) is 0 Å². The number of aryl methyl sites for hydroxylation is 1. The van der Waals surface area contributed by atoms with E-state index in [0.29, 0.717) is 10.7 Å². The molecule has 0 spiro atoms. The van der Waals surface area contributed by atoms with Crippen molar-refractivity contribution in [2.75, 3.05) is 0 Å². The predicted molar refractivity (Wildman–Crippen MR) is 59.3 cm³/mol. The number of fused-ring (bicyclic) bond motifs is 1. The summed E-state index contributed by atoms with van der Waals surface area (Å²) >= 11 is 5.96. The fourth-order valence-corrected chi connectivity index (χ4v) is 1.60. The number of hydrogen-bond donors (Lipinski definition) is 0. The molecular formula is C11H9ClN2O. The summed E-state index contributed by atoms with van der Waals surface area (Å²) in [6.07, 6.45) is 0. The molecule has 2 rings (SSSR count). The van der Waals surface area contributed by atoms with E-state index in [-0.39, 0.29) is 11.6 Å². The molecule has 0 N–H and O–H groups in total. The molecule has 0 unspecified atom stereocenters. The summed E-state index contributed by atoms with van der Waals surface area (Å²) in [5.41, 5.74) is 1.78. The Kier molecular flexibility index (Phi) is 2.40. The van der Waals surface area contributed by atoms with Gasteiger partial charge < -0.3 is 0 Å². The first-order chi connectivity index (χ1) is 7.08. The summed E-state index contributed by atoms with van der Waals surface area (Å²) in [5.74, 6) is -0.0154. The summed E-state index contributed by atoms with van der Waals surface area (Å²) in [6, 6.07) is 5.68. The van der Waals surface area contributed by atoms with Crippen LogP contribution in [0, 0.1) is 6.92 Å². The monoisotopic (exact) mass is 220 g/mol. The highest BCUT2D eigenvalue weighted by molar-refractivity contribution is 6.34. The van der Waals surface area contributed by atoms with Gasteiger partial charge >= 0.3 is 0 Å². The highest BCUT2D eigenvalue weighted by atomic mass is 35.5. The minimum absolute atomic E-state index is 0.165. The number of benzene rings is 1. The molecule has 0 aliphatic heterocycles. The van der Waals surface area contributed by atoms with Crippen molar-refractivity contribution in [2.45, 2.75) is 13.8 Å². The fourth-order valence-electron chi connectivity index (χ4n) is 1.36. The van der Waals surface area contributed by atoms with Crippen LogP contribution in [0.2, 0.25) is 5.15 Å². The molecular weight excluding hydrogens is 212 g/mol. The lowest BCUT2D eigenvalue weighted by molar-refractivity contribution is 0.100. The third-order valence-electron chi connectivity index (χ3n) is 2.12. The topological polar surface area (TPSA) is 42.9 Å². The molecule has 0 bridgehead atoms. The molecule has 1 heterocycles. The van der Waals surface area contributed by atoms with Gasteiger partial charge in [-0.25, -0.2) is 9.97 Å². The van der Waals surface area contributed by atoms with Crippen LogP contribution < -0.4 is 0 Å². The Labute approximate surface area is 92.1 Å². The first-order valence-electron chi connectivity index (χ1n) is 4.53. The van der Waals surface area contributed by atoms with E-state index in [1.807, 2.05) is 25.1 Å². The minimum atomic E-state index is -0.180. The van der Waals surface area contributed by atoms with Crippen molar-refractivity contribution in [3.05, 3.63) is 34.7 Å². The second-order valence-corrected chi connectivity index (χ2v) is 3.77. The van der Waals surface area contributed by atoms with Gasteiger partial charge in [-0.15, -0.1) is 0 Å². The Hall–Kier alpha value is -1.48. The number of carbonyl (C=O) groups excluding carboxylic acids is 1. The molecule has 0 saturated heterocycles. The number of carbonyl (C=O) groups is 1. The Balaban J connectivity index is 2.79. The molecule has 0 amide bonds. The number of rotatable bonds is 1. The van der Waals surface area contributed by atoms with Crippen LogP contribution in [0.1, 0.15) is 23.1 Å². The summed E-state index contributed by atoms with van der Waals surface area (Å²) in [7, 11) is 0. The average molecular weight is 221 g/mol. The Morgan fingerprint density at radius 2 is 2.07 bits per heavy atom. The van der Waals surface area contributed by atoms with Crippen LogP contribution in [0.25, 0.3) is 10.9 Å². The maximum atomic E-state index is 11.1. The molecule has 0 aliphatic rings. The number of ketones is 1. The van der Waals surface area contributed by atoms with Gasteiger partial charge in [0, 0.05) is 12.3 Å². The molecule has 0 radical (unpaired) electrons. The zero-order chi connectivity index (χ0) is 11.0. The largest absolute Gasteiger partial charge is 0.291 e. The number of Topliss-reactive ketones (excluding diaryl/α,β-unsaturated/α-hetero) is 1. The van der Waals surface area contributed by atoms with Crippen molar-refractivity contribution in [1.29, 1.82) is 0 Å². The van der Waals surface area contributed by atoms with Gasteiger partial charge in [0.15, 0.2) is 11.6 Å². The third kappa shape index (κ3) is 1.83. The van der Waals surface area contributed by atoms with Crippen molar-refractivity contribution in [1.82, 2.24) is 9.97 Å². The van der Waals surface area contributed by atoms with Crippen LogP contribution in [0.3, 0.4) is 0 Å². The maximum absolute atomic E-state index is 11.1. The van der Waals surface area contributed by atoms with E-state index in [1.165, 1.54) is 6.92 Å². The van der Waals surface area contributed by atoms with Gasteiger partial charge in [-0.3, -0.25) is 4.79 Å². The second kappa shape index (κ2) is 3.59. The molecule has 76 valence electrons. The van der Waals surface area contributed by atoms with Gasteiger partial charge in [0.1, 0.15) is 5.15 Å². The van der Waals surface area contributed by atoms with E-state index in [2.05, 4.69) is 9.97 Å². The van der Waals surface area contributed by atoms with Crippen LogP contribution in [0.5, 0.6) is 0 Å². The van der Waals surface area contributed by atoms with Crippen molar-refractivity contribution in [3.8, 4) is 0 Å². The Morgan fingerprint density at radius 3 is 2.73 bits per heavy atom. The lowest BCUT2D eigenvalue weighted by Gasteiger charge is -2.02. The van der Waals surface area contributed by atoms with Gasteiger partial charge in [0.05, 0.1) is 5.52 Å². The molecule has 3 nitrogen and oxygen atoms in total. The molecule has 0 saturated carbocycles. The minimum Gasteiger partial charge on any atom is -0.291 e. The van der Waals surface area contributed by atoms with E-state index in [0.717, 1.165) is 10.9 Å². The average Bonchev–Trinajstić information content (AvgIpc) is 2.16.